The van der Waals surface area contributed by atoms with E-state index < -0.39 is 4.92 Å². The van der Waals surface area contributed by atoms with Gasteiger partial charge in [-0.25, -0.2) is 4.68 Å². The molecule has 0 aliphatic rings. The molecule has 3 heterocycles. The molecule has 0 unspecified atom stereocenters. The van der Waals surface area contributed by atoms with Gasteiger partial charge in [0.2, 0.25) is 5.16 Å². The van der Waals surface area contributed by atoms with Crippen molar-refractivity contribution in [1.82, 2.24) is 29.6 Å². The van der Waals surface area contributed by atoms with Crippen LogP contribution in [0, 0.1) is 10.1 Å². The minimum Gasteiger partial charge on any atom is -0.265 e. The highest BCUT2D eigenvalue weighted by Crippen LogP contribution is 2.28. The second-order valence-electron chi connectivity index (χ2n) is 8.28. The first-order chi connectivity index (χ1) is 18.0. The van der Waals surface area contributed by atoms with Crippen LogP contribution < -0.4 is 0 Å². The van der Waals surface area contributed by atoms with E-state index in [0.29, 0.717) is 16.7 Å². The van der Waals surface area contributed by atoms with E-state index >= 15 is 0 Å². The summed E-state index contributed by atoms with van der Waals surface area (Å²) in [5.41, 5.74) is 3.83. The van der Waals surface area contributed by atoms with Gasteiger partial charge in [-0.2, -0.15) is 14.9 Å². The third-order valence-corrected chi connectivity index (χ3v) is 6.26. The maximum absolute atomic E-state index is 11.1. The van der Waals surface area contributed by atoms with Gasteiger partial charge >= 0.3 is 0 Å². The topological polar surface area (TPSA) is 117 Å². The third-order valence-electron chi connectivity index (χ3n) is 5.32. The molecule has 0 N–H and O–H groups in total. The molecule has 0 saturated carbocycles. The summed E-state index contributed by atoms with van der Waals surface area (Å²) >= 11 is 1.56. The summed E-state index contributed by atoms with van der Waals surface area (Å²) in [4.78, 5) is 14.8. The van der Waals surface area contributed by atoms with Crippen molar-refractivity contribution in [3.8, 4) is 28.3 Å². The van der Waals surface area contributed by atoms with Crippen LogP contribution in [-0.4, -0.2) is 46.0 Å². The van der Waals surface area contributed by atoms with Crippen LogP contribution in [0.5, 0.6) is 0 Å². The number of nitro benzene ring substituents is 1. The maximum Gasteiger partial charge on any atom is 0.269 e. The zero-order valence-corrected chi connectivity index (χ0v) is 20.9. The molecule has 10 nitrogen and oxygen atoms in total. The number of pyridine rings is 1. The van der Waals surface area contributed by atoms with Crippen LogP contribution in [-0.2, 0) is 0 Å². The number of nitro groups is 1. The molecule has 0 bridgehead atoms. The van der Waals surface area contributed by atoms with E-state index in [4.69, 9.17) is 10.2 Å². The summed E-state index contributed by atoms with van der Waals surface area (Å²) in [6, 6.07) is 19.7. The summed E-state index contributed by atoms with van der Waals surface area (Å²) in [6.45, 7) is 4.16. The lowest BCUT2D eigenvalue weighted by Gasteiger charge is -2.06. The quantitative estimate of drug-likeness (QED) is 0.117. The summed E-state index contributed by atoms with van der Waals surface area (Å²) in [6.07, 6.45) is 6.98. The number of hydrogen-bond acceptors (Lipinski definition) is 8. The van der Waals surface area contributed by atoms with Crippen LogP contribution in [0.25, 0.3) is 28.3 Å². The second-order valence-corrected chi connectivity index (χ2v) is 9.83. The smallest absolute Gasteiger partial charge is 0.265 e. The molecule has 0 aliphatic carbocycles. The Bertz CT molecular complexity index is 1550. The van der Waals surface area contributed by atoms with E-state index in [1.807, 2.05) is 48.7 Å². The average Bonchev–Trinajstić information content (AvgIpc) is 3.52. The van der Waals surface area contributed by atoms with Crippen LogP contribution >= 0.6 is 11.8 Å². The standard InChI is InChI=1S/C26H22N8O2S/c1-18(2)37-26-30-29-25(20-12-14-27-15-13-20)33(26)28-16-21-17-32(22-6-4-3-5-7-22)31-24(21)19-8-10-23(11-9-19)34(35)36/h3-18H,1-2H3/b28-16-. The van der Waals surface area contributed by atoms with E-state index in [1.165, 1.54) is 12.1 Å². The number of hydrogen-bond donors (Lipinski definition) is 0. The number of benzene rings is 2. The molecule has 0 amide bonds. The highest BCUT2D eigenvalue weighted by Gasteiger charge is 2.17. The van der Waals surface area contributed by atoms with Gasteiger partial charge in [0, 0.05) is 52.7 Å². The fourth-order valence-electron chi connectivity index (χ4n) is 3.61. The summed E-state index contributed by atoms with van der Waals surface area (Å²) in [5.74, 6) is 0.592. The fourth-order valence-corrected chi connectivity index (χ4v) is 4.36. The second kappa shape index (κ2) is 10.5. The Morgan fingerprint density at radius 1 is 0.973 bits per heavy atom. The van der Waals surface area contributed by atoms with Crippen molar-refractivity contribution < 1.29 is 4.92 Å². The van der Waals surface area contributed by atoms with Crippen molar-refractivity contribution in [2.24, 2.45) is 5.10 Å². The van der Waals surface area contributed by atoms with Crippen molar-refractivity contribution in [2.45, 2.75) is 24.3 Å². The molecule has 11 heteroatoms. The first-order valence-electron chi connectivity index (χ1n) is 11.5. The van der Waals surface area contributed by atoms with Crippen LogP contribution in [0.4, 0.5) is 5.69 Å². The van der Waals surface area contributed by atoms with Gasteiger partial charge < -0.3 is 0 Å². The van der Waals surface area contributed by atoms with Gasteiger partial charge in [-0.3, -0.25) is 15.1 Å². The number of rotatable bonds is 8. The molecule has 2 aromatic carbocycles. The Balaban J connectivity index is 1.61. The minimum absolute atomic E-state index is 0.0169. The highest BCUT2D eigenvalue weighted by atomic mass is 32.2. The van der Waals surface area contributed by atoms with Gasteiger partial charge in [0.25, 0.3) is 5.69 Å². The van der Waals surface area contributed by atoms with Gasteiger partial charge in [-0.1, -0.05) is 43.8 Å². The molecular weight excluding hydrogens is 488 g/mol. The summed E-state index contributed by atoms with van der Waals surface area (Å²) in [5, 5.41) is 30.4. The Kier molecular flexibility index (Phi) is 6.86. The Hall–Kier alpha value is -4.64. The number of thioether (sulfide) groups is 1. The first-order valence-corrected chi connectivity index (χ1v) is 12.3. The molecular formula is C26H22N8O2S. The van der Waals surface area contributed by atoms with Crippen molar-refractivity contribution in [1.29, 1.82) is 0 Å². The number of para-hydroxylation sites is 1. The fraction of sp³-hybridized carbons (Fsp3) is 0.115. The van der Waals surface area contributed by atoms with Gasteiger partial charge in [0.05, 0.1) is 16.8 Å². The normalized spacial score (nSPS) is 11.4. The van der Waals surface area contributed by atoms with E-state index in [0.717, 1.165) is 22.4 Å². The predicted octanol–water partition coefficient (Wildman–Crippen LogP) is 5.48. The van der Waals surface area contributed by atoms with Crippen LogP contribution in [0.1, 0.15) is 19.4 Å². The molecule has 5 aromatic rings. The molecule has 0 aliphatic heterocycles. The summed E-state index contributed by atoms with van der Waals surface area (Å²) < 4.78 is 3.47. The number of nitrogens with zero attached hydrogens (tertiary/aromatic N) is 8. The SMILES string of the molecule is CC(C)Sc1nnc(-c2ccncc2)n1/N=C\c1cn(-c2ccccc2)nc1-c1ccc([N+](=O)[O-])cc1. The minimum atomic E-state index is -0.421. The number of aromatic nitrogens is 6. The van der Waals surface area contributed by atoms with Crippen molar-refractivity contribution in [3.63, 3.8) is 0 Å². The maximum atomic E-state index is 11.1. The zero-order chi connectivity index (χ0) is 25.8. The van der Waals surface area contributed by atoms with Crippen LogP contribution in [0.3, 0.4) is 0 Å². The van der Waals surface area contributed by atoms with Gasteiger partial charge in [-0.15, -0.1) is 10.2 Å². The van der Waals surface area contributed by atoms with Gasteiger partial charge in [-0.05, 0) is 36.4 Å². The Labute approximate surface area is 216 Å². The molecule has 0 radical (unpaired) electrons. The highest BCUT2D eigenvalue weighted by molar-refractivity contribution is 7.99. The van der Waals surface area contributed by atoms with Crippen molar-refractivity contribution in [3.05, 3.63) is 101 Å². The molecule has 0 fully saturated rings. The van der Waals surface area contributed by atoms with E-state index in [2.05, 4.69) is 29.0 Å². The largest absolute Gasteiger partial charge is 0.269 e. The summed E-state index contributed by atoms with van der Waals surface area (Å²) in [7, 11) is 0. The number of non-ortho nitro benzene ring substituents is 1. The van der Waals surface area contributed by atoms with Gasteiger partial charge in [0.1, 0.15) is 5.69 Å². The molecule has 0 spiro atoms. The Morgan fingerprint density at radius 2 is 1.70 bits per heavy atom. The Morgan fingerprint density at radius 3 is 2.38 bits per heavy atom. The van der Waals surface area contributed by atoms with Crippen LogP contribution in [0.15, 0.2) is 95.6 Å². The van der Waals surface area contributed by atoms with E-state index in [-0.39, 0.29) is 10.9 Å². The molecule has 184 valence electrons. The molecule has 3 aromatic heterocycles. The predicted molar refractivity (Wildman–Crippen MR) is 143 cm³/mol. The zero-order valence-electron chi connectivity index (χ0n) is 20.0. The lowest BCUT2D eigenvalue weighted by Crippen LogP contribution is -1.99. The monoisotopic (exact) mass is 510 g/mol. The van der Waals surface area contributed by atoms with E-state index in [9.17, 15) is 10.1 Å². The van der Waals surface area contributed by atoms with E-state index in [1.54, 1.807) is 51.9 Å². The lowest BCUT2D eigenvalue weighted by atomic mass is 10.1. The third kappa shape index (κ3) is 5.31. The van der Waals surface area contributed by atoms with Crippen LogP contribution in [0.2, 0.25) is 0 Å². The average molecular weight is 511 g/mol. The molecule has 37 heavy (non-hydrogen) atoms. The molecule has 0 atom stereocenters. The van der Waals surface area contributed by atoms with Gasteiger partial charge in [0.15, 0.2) is 5.82 Å². The lowest BCUT2D eigenvalue weighted by molar-refractivity contribution is -0.384. The van der Waals surface area contributed by atoms with Crippen molar-refractivity contribution >= 4 is 23.7 Å². The molecule has 0 saturated heterocycles. The first kappa shape index (κ1) is 24.1. The molecule has 5 rings (SSSR count). The van der Waals surface area contributed by atoms with Crippen molar-refractivity contribution in [2.75, 3.05) is 0 Å².